The first-order valence-electron chi connectivity index (χ1n) is 3.32. The maximum absolute atomic E-state index is 3.31. The van der Waals surface area contributed by atoms with E-state index in [1.165, 1.54) is 17.7 Å². The highest BCUT2D eigenvalue weighted by Gasteiger charge is 2.12. The fourth-order valence-corrected chi connectivity index (χ4v) is 1.29. The van der Waals surface area contributed by atoms with Gasteiger partial charge in [-0.25, -0.2) is 0 Å². The summed E-state index contributed by atoms with van der Waals surface area (Å²) in [5, 5.41) is 6.49. The molecule has 0 amide bonds. The summed E-state index contributed by atoms with van der Waals surface area (Å²) in [6.45, 7) is 2.16. The summed E-state index contributed by atoms with van der Waals surface area (Å²) in [6, 6.07) is 0. The van der Waals surface area contributed by atoms with Gasteiger partial charge in [-0.1, -0.05) is 0 Å². The molecular weight excluding hydrogens is 112 g/mol. The van der Waals surface area contributed by atoms with Gasteiger partial charge in [0.05, 0.1) is 0 Å². The molecule has 0 fully saturated rings. The van der Waals surface area contributed by atoms with Gasteiger partial charge in [-0.05, 0) is 24.3 Å². The first kappa shape index (κ1) is 4.91. The Hall–Kier alpha value is -0.920. The third-order valence-electron chi connectivity index (χ3n) is 1.81. The zero-order chi connectivity index (χ0) is 6.10. The minimum atomic E-state index is 1.04. The van der Waals surface area contributed by atoms with Crippen LogP contribution in [0.5, 0.6) is 0 Å². The highest BCUT2D eigenvalue weighted by atomic mass is 14.9. The second-order valence-electron chi connectivity index (χ2n) is 2.41. The smallest absolute Gasteiger partial charge is 0.0378 e. The SMILES string of the molecule is C1=CC2=C(CCN2)CN1. The van der Waals surface area contributed by atoms with Crippen LogP contribution in [0, 0.1) is 0 Å². The van der Waals surface area contributed by atoms with E-state index in [0.717, 1.165) is 13.1 Å². The molecule has 2 N–H and O–H groups in total. The van der Waals surface area contributed by atoms with Gasteiger partial charge in [0.15, 0.2) is 0 Å². The Bertz CT molecular complexity index is 179. The minimum Gasteiger partial charge on any atom is -0.387 e. The predicted molar refractivity (Wildman–Crippen MR) is 36.8 cm³/mol. The Kier molecular flexibility index (Phi) is 0.979. The predicted octanol–water partition coefficient (Wildman–Crippen LogP) is 0.351. The van der Waals surface area contributed by atoms with E-state index in [2.05, 4.69) is 16.7 Å². The molecular formula is C7H10N2. The zero-order valence-corrected chi connectivity index (χ0v) is 5.28. The Morgan fingerprint density at radius 3 is 3.33 bits per heavy atom. The van der Waals surface area contributed by atoms with Crippen LogP contribution in [0.4, 0.5) is 0 Å². The minimum absolute atomic E-state index is 1.04. The number of rotatable bonds is 0. The number of hydrogen-bond acceptors (Lipinski definition) is 2. The van der Waals surface area contributed by atoms with Crippen molar-refractivity contribution in [2.75, 3.05) is 13.1 Å². The first-order chi connectivity index (χ1) is 4.47. The van der Waals surface area contributed by atoms with Gasteiger partial charge in [0, 0.05) is 18.8 Å². The van der Waals surface area contributed by atoms with Crippen molar-refractivity contribution in [1.82, 2.24) is 10.6 Å². The summed E-state index contributed by atoms with van der Waals surface area (Å²) < 4.78 is 0. The second-order valence-corrected chi connectivity index (χ2v) is 2.41. The Balaban J connectivity index is 2.28. The highest BCUT2D eigenvalue weighted by Crippen LogP contribution is 2.15. The molecule has 0 atom stereocenters. The lowest BCUT2D eigenvalue weighted by Gasteiger charge is -2.08. The van der Waals surface area contributed by atoms with Crippen molar-refractivity contribution < 1.29 is 0 Å². The fourth-order valence-electron chi connectivity index (χ4n) is 1.29. The lowest BCUT2D eigenvalue weighted by atomic mass is 10.1. The van der Waals surface area contributed by atoms with Gasteiger partial charge in [-0.3, -0.25) is 0 Å². The van der Waals surface area contributed by atoms with Crippen LogP contribution < -0.4 is 10.6 Å². The molecule has 2 heterocycles. The molecule has 2 aliphatic heterocycles. The van der Waals surface area contributed by atoms with Crippen molar-refractivity contribution in [2.24, 2.45) is 0 Å². The molecule has 0 radical (unpaired) electrons. The monoisotopic (exact) mass is 122 g/mol. The van der Waals surface area contributed by atoms with Crippen molar-refractivity contribution in [2.45, 2.75) is 6.42 Å². The van der Waals surface area contributed by atoms with Gasteiger partial charge in [0.2, 0.25) is 0 Å². The molecule has 2 heteroatoms. The van der Waals surface area contributed by atoms with Crippen LogP contribution in [0.25, 0.3) is 0 Å². The third kappa shape index (κ3) is 0.707. The maximum atomic E-state index is 3.31. The highest BCUT2D eigenvalue weighted by molar-refractivity contribution is 5.31. The Morgan fingerprint density at radius 1 is 1.44 bits per heavy atom. The molecule has 0 aliphatic carbocycles. The van der Waals surface area contributed by atoms with Crippen LogP contribution in [0.2, 0.25) is 0 Å². The molecule has 48 valence electrons. The molecule has 0 saturated carbocycles. The van der Waals surface area contributed by atoms with E-state index in [0.29, 0.717) is 0 Å². The van der Waals surface area contributed by atoms with E-state index in [1.807, 2.05) is 6.20 Å². The summed E-state index contributed by atoms with van der Waals surface area (Å²) in [7, 11) is 0. The molecule has 0 unspecified atom stereocenters. The van der Waals surface area contributed by atoms with Crippen molar-refractivity contribution in [3.8, 4) is 0 Å². The van der Waals surface area contributed by atoms with Gasteiger partial charge in [0.25, 0.3) is 0 Å². The van der Waals surface area contributed by atoms with E-state index >= 15 is 0 Å². The fraction of sp³-hybridized carbons (Fsp3) is 0.429. The lowest BCUT2D eigenvalue weighted by molar-refractivity contribution is 0.868. The van der Waals surface area contributed by atoms with Crippen molar-refractivity contribution in [1.29, 1.82) is 0 Å². The van der Waals surface area contributed by atoms with E-state index < -0.39 is 0 Å². The molecule has 0 spiro atoms. The topological polar surface area (TPSA) is 24.1 Å². The molecule has 0 aromatic carbocycles. The summed E-state index contributed by atoms with van der Waals surface area (Å²) in [4.78, 5) is 0. The van der Waals surface area contributed by atoms with Gasteiger partial charge in [0.1, 0.15) is 0 Å². The molecule has 0 aromatic rings. The van der Waals surface area contributed by atoms with Crippen LogP contribution >= 0.6 is 0 Å². The third-order valence-corrected chi connectivity index (χ3v) is 1.81. The molecule has 2 nitrogen and oxygen atoms in total. The number of dihydropyridines is 1. The van der Waals surface area contributed by atoms with Crippen molar-refractivity contribution >= 4 is 0 Å². The van der Waals surface area contributed by atoms with E-state index in [9.17, 15) is 0 Å². The maximum Gasteiger partial charge on any atom is 0.0378 e. The number of nitrogens with one attached hydrogen (secondary N) is 2. The number of allylic oxidation sites excluding steroid dienone is 1. The molecule has 0 saturated heterocycles. The van der Waals surface area contributed by atoms with Crippen LogP contribution in [-0.2, 0) is 0 Å². The summed E-state index contributed by atoms with van der Waals surface area (Å²) >= 11 is 0. The Morgan fingerprint density at radius 2 is 2.44 bits per heavy atom. The summed E-state index contributed by atoms with van der Waals surface area (Å²) in [6.07, 6.45) is 5.32. The van der Waals surface area contributed by atoms with Gasteiger partial charge < -0.3 is 10.6 Å². The number of hydrogen-bond donors (Lipinski definition) is 2. The lowest BCUT2D eigenvalue weighted by Crippen LogP contribution is -2.15. The molecule has 2 rings (SSSR count). The van der Waals surface area contributed by atoms with Crippen molar-refractivity contribution in [3.63, 3.8) is 0 Å². The largest absolute Gasteiger partial charge is 0.387 e. The summed E-state index contributed by atoms with van der Waals surface area (Å²) in [5.74, 6) is 0. The van der Waals surface area contributed by atoms with E-state index in [1.54, 1.807) is 0 Å². The quantitative estimate of drug-likeness (QED) is 0.484. The average Bonchev–Trinajstić information content (AvgIpc) is 2.33. The average molecular weight is 122 g/mol. The molecule has 2 aliphatic rings. The normalized spacial score (nSPS) is 23.1. The second kappa shape index (κ2) is 1.79. The zero-order valence-electron chi connectivity index (χ0n) is 5.28. The molecule has 9 heavy (non-hydrogen) atoms. The van der Waals surface area contributed by atoms with Crippen LogP contribution in [0.3, 0.4) is 0 Å². The van der Waals surface area contributed by atoms with Gasteiger partial charge >= 0.3 is 0 Å². The van der Waals surface area contributed by atoms with Gasteiger partial charge in [-0.15, -0.1) is 0 Å². The van der Waals surface area contributed by atoms with Crippen molar-refractivity contribution in [3.05, 3.63) is 23.5 Å². The first-order valence-corrected chi connectivity index (χ1v) is 3.32. The van der Waals surface area contributed by atoms with E-state index in [4.69, 9.17) is 0 Å². The van der Waals surface area contributed by atoms with Gasteiger partial charge in [-0.2, -0.15) is 0 Å². The standard InChI is InChI=1S/C7H10N2/c1-4-9-7-2-3-8-5-6(1)7/h2-3,8-9H,1,4-5H2. The molecule has 0 bridgehead atoms. The van der Waals surface area contributed by atoms with Crippen LogP contribution in [-0.4, -0.2) is 13.1 Å². The summed E-state index contributed by atoms with van der Waals surface area (Å²) in [5.41, 5.74) is 2.87. The Labute approximate surface area is 54.6 Å². The van der Waals surface area contributed by atoms with Crippen LogP contribution in [0.15, 0.2) is 23.5 Å². The van der Waals surface area contributed by atoms with E-state index in [-0.39, 0.29) is 0 Å². The van der Waals surface area contributed by atoms with Crippen LogP contribution in [0.1, 0.15) is 6.42 Å². The molecule has 0 aromatic heterocycles.